The van der Waals surface area contributed by atoms with Crippen LogP contribution in [0.3, 0.4) is 0 Å². The van der Waals surface area contributed by atoms with Crippen molar-refractivity contribution in [2.75, 3.05) is 39.7 Å². The maximum atomic E-state index is 12.8. The van der Waals surface area contributed by atoms with Gasteiger partial charge in [-0.3, -0.25) is 9.69 Å². The summed E-state index contributed by atoms with van der Waals surface area (Å²) in [6.07, 6.45) is 0. The second-order valence-corrected chi connectivity index (χ2v) is 6.02. The van der Waals surface area contributed by atoms with Gasteiger partial charge in [0.05, 0.1) is 26.9 Å². The van der Waals surface area contributed by atoms with E-state index in [0.717, 1.165) is 30.9 Å². The van der Waals surface area contributed by atoms with E-state index >= 15 is 0 Å². The van der Waals surface area contributed by atoms with E-state index in [1.54, 1.807) is 19.2 Å². The Morgan fingerprint density at radius 1 is 0.926 bits per heavy atom. The van der Waals surface area contributed by atoms with Gasteiger partial charge in [0.2, 0.25) is 0 Å². The number of carbonyl (C=O) groups is 1. The van der Waals surface area contributed by atoms with Gasteiger partial charge < -0.3 is 19.5 Å². The molecule has 6 heteroatoms. The Morgan fingerprint density at radius 2 is 1.56 bits per heavy atom. The molecule has 27 heavy (non-hydrogen) atoms. The quantitative estimate of drug-likeness (QED) is 0.725. The maximum absolute atomic E-state index is 12.8. The summed E-state index contributed by atoms with van der Waals surface area (Å²) in [5.74, 6) is 1.13. The summed E-state index contributed by atoms with van der Waals surface area (Å²) in [5.41, 5.74) is 2.27. The SMILES string of the molecule is CCN(CC)Cc1cccc(NC(=O)c2cc(OC)c(OC)cc2OC)c1. The molecule has 0 fully saturated rings. The van der Waals surface area contributed by atoms with E-state index in [-0.39, 0.29) is 5.91 Å². The number of hydrogen-bond donors (Lipinski definition) is 1. The first-order chi connectivity index (χ1) is 13.1. The largest absolute Gasteiger partial charge is 0.496 e. The van der Waals surface area contributed by atoms with Crippen LogP contribution in [0.2, 0.25) is 0 Å². The normalized spacial score (nSPS) is 10.6. The van der Waals surface area contributed by atoms with Gasteiger partial charge in [-0.15, -0.1) is 0 Å². The highest BCUT2D eigenvalue weighted by molar-refractivity contribution is 6.06. The zero-order chi connectivity index (χ0) is 19.8. The minimum Gasteiger partial charge on any atom is -0.496 e. The Bertz CT molecular complexity index is 773. The highest BCUT2D eigenvalue weighted by Crippen LogP contribution is 2.35. The molecule has 0 atom stereocenters. The van der Waals surface area contributed by atoms with Gasteiger partial charge in [-0.1, -0.05) is 26.0 Å². The van der Waals surface area contributed by atoms with Crippen molar-refractivity contribution in [2.24, 2.45) is 0 Å². The summed E-state index contributed by atoms with van der Waals surface area (Å²) in [7, 11) is 4.59. The van der Waals surface area contributed by atoms with E-state index in [4.69, 9.17) is 14.2 Å². The fourth-order valence-electron chi connectivity index (χ4n) is 2.86. The molecule has 0 aromatic heterocycles. The van der Waals surface area contributed by atoms with Crippen LogP contribution in [0.15, 0.2) is 36.4 Å². The van der Waals surface area contributed by atoms with Gasteiger partial charge in [-0.2, -0.15) is 0 Å². The molecule has 0 aliphatic rings. The molecule has 0 saturated carbocycles. The molecule has 0 saturated heterocycles. The lowest BCUT2D eigenvalue weighted by Gasteiger charge is -2.18. The average Bonchev–Trinajstić information content (AvgIpc) is 2.70. The fourth-order valence-corrected chi connectivity index (χ4v) is 2.86. The van der Waals surface area contributed by atoms with Crippen LogP contribution in [-0.2, 0) is 6.54 Å². The number of methoxy groups -OCH3 is 3. The van der Waals surface area contributed by atoms with Crippen LogP contribution in [0.25, 0.3) is 0 Å². The minimum atomic E-state index is -0.271. The fraction of sp³-hybridized carbons (Fsp3) is 0.381. The molecule has 1 amide bonds. The van der Waals surface area contributed by atoms with E-state index in [1.165, 1.54) is 14.2 Å². The van der Waals surface area contributed by atoms with Gasteiger partial charge in [0.1, 0.15) is 5.75 Å². The molecule has 1 N–H and O–H groups in total. The van der Waals surface area contributed by atoms with Crippen LogP contribution in [0.1, 0.15) is 29.8 Å². The number of anilines is 1. The van der Waals surface area contributed by atoms with Gasteiger partial charge in [0.25, 0.3) is 5.91 Å². The molecule has 2 aromatic carbocycles. The number of hydrogen-bond acceptors (Lipinski definition) is 5. The van der Waals surface area contributed by atoms with Gasteiger partial charge in [0, 0.05) is 24.4 Å². The third-order valence-electron chi connectivity index (χ3n) is 4.44. The Hall–Kier alpha value is -2.73. The van der Waals surface area contributed by atoms with Crippen LogP contribution < -0.4 is 19.5 Å². The highest BCUT2D eigenvalue weighted by atomic mass is 16.5. The van der Waals surface area contributed by atoms with Crippen molar-refractivity contribution in [2.45, 2.75) is 20.4 Å². The molecule has 0 unspecified atom stereocenters. The number of nitrogens with one attached hydrogen (secondary N) is 1. The third-order valence-corrected chi connectivity index (χ3v) is 4.44. The molecule has 0 aliphatic carbocycles. The molecular weight excluding hydrogens is 344 g/mol. The molecule has 2 aromatic rings. The van der Waals surface area contributed by atoms with E-state index in [2.05, 4.69) is 30.1 Å². The lowest BCUT2D eigenvalue weighted by Crippen LogP contribution is -2.22. The highest BCUT2D eigenvalue weighted by Gasteiger charge is 2.18. The predicted octanol–water partition coefficient (Wildman–Crippen LogP) is 3.81. The minimum absolute atomic E-state index is 0.271. The van der Waals surface area contributed by atoms with Crippen molar-refractivity contribution >= 4 is 11.6 Å². The first-order valence-corrected chi connectivity index (χ1v) is 8.98. The van der Waals surface area contributed by atoms with Crippen LogP contribution in [-0.4, -0.2) is 45.2 Å². The number of benzene rings is 2. The topological polar surface area (TPSA) is 60.0 Å². The predicted molar refractivity (Wildman–Crippen MR) is 107 cm³/mol. The van der Waals surface area contributed by atoms with Crippen molar-refractivity contribution in [1.29, 1.82) is 0 Å². The van der Waals surface area contributed by atoms with Crippen molar-refractivity contribution in [3.8, 4) is 17.2 Å². The zero-order valence-electron chi connectivity index (χ0n) is 16.7. The number of ether oxygens (including phenoxy) is 3. The van der Waals surface area contributed by atoms with Crippen molar-refractivity contribution in [3.63, 3.8) is 0 Å². The van der Waals surface area contributed by atoms with Gasteiger partial charge in [-0.05, 0) is 30.8 Å². The number of nitrogens with zero attached hydrogens (tertiary/aromatic N) is 1. The Balaban J connectivity index is 2.24. The first kappa shape index (κ1) is 20.6. The summed E-state index contributed by atoms with van der Waals surface area (Å²) in [4.78, 5) is 15.1. The molecule has 0 heterocycles. The monoisotopic (exact) mass is 372 g/mol. The smallest absolute Gasteiger partial charge is 0.259 e. The molecular formula is C21H28N2O4. The summed E-state index contributed by atoms with van der Waals surface area (Å²) >= 11 is 0. The van der Waals surface area contributed by atoms with E-state index < -0.39 is 0 Å². The Morgan fingerprint density at radius 3 is 2.15 bits per heavy atom. The molecule has 2 rings (SSSR count). The molecule has 0 spiro atoms. The van der Waals surface area contributed by atoms with E-state index in [0.29, 0.717) is 22.8 Å². The third kappa shape index (κ3) is 5.14. The van der Waals surface area contributed by atoms with Crippen LogP contribution >= 0.6 is 0 Å². The van der Waals surface area contributed by atoms with E-state index in [9.17, 15) is 4.79 Å². The Labute approximate surface area is 161 Å². The second kappa shape index (κ2) is 9.83. The lowest BCUT2D eigenvalue weighted by molar-refractivity contribution is 0.102. The van der Waals surface area contributed by atoms with Crippen LogP contribution in [0, 0.1) is 0 Å². The Kier molecular flexibility index (Phi) is 7.49. The number of carbonyl (C=O) groups excluding carboxylic acids is 1. The summed E-state index contributed by atoms with van der Waals surface area (Å²) in [6, 6.07) is 11.1. The lowest BCUT2D eigenvalue weighted by atomic mass is 10.1. The van der Waals surface area contributed by atoms with Crippen molar-refractivity contribution in [3.05, 3.63) is 47.5 Å². The number of rotatable bonds is 9. The van der Waals surface area contributed by atoms with Crippen LogP contribution in [0.5, 0.6) is 17.2 Å². The molecule has 0 bridgehead atoms. The van der Waals surface area contributed by atoms with Crippen molar-refractivity contribution in [1.82, 2.24) is 4.90 Å². The summed E-state index contributed by atoms with van der Waals surface area (Å²) in [5, 5.41) is 2.94. The van der Waals surface area contributed by atoms with Gasteiger partial charge in [-0.25, -0.2) is 0 Å². The van der Waals surface area contributed by atoms with Gasteiger partial charge >= 0.3 is 0 Å². The molecule has 146 valence electrons. The summed E-state index contributed by atoms with van der Waals surface area (Å²) < 4.78 is 15.9. The molecule has 6 nitrogen and oxygen atoms in total. The zero-order valence-corrected chi connectivity index (χ0v) is 16.7. The van der Waals surface area contributed by atoms with Crippen LogP contribution in [0.4, 0.5) is 5.69 Å². The average molecular weight is 372 g/mol. The number of amides is 1. The molecule has 0 aliphatic heterocycles. The van der Waals surface area contributed by atoms with Gasteiger partial charge in [0.15, 0.2) is 11.5 Å². The molecule has 0 radical (unpaired) electrons. The maximum Gasteiger partial charge on any atom is 0.259 e. The first-order valence-electron chi connectivity index (χ1n) is 8.98. The van der Waals surface area contributed by atoms with Crippen molar-refractivity contribution < 1.29 is 19.0 Å². The van der Waals surface area contributed by atoms with E-state index in [1.807, 2.05) is 18.2 Å². The summed E-state index contributed by atoms with van der Waals surface area (Å²) in [6.45, 7) is 7.08. The second-order valence-electron chi connectivity index (χ2n) is 6.02. The standard InChI is InChI=1S/C21H28N2O4/c1-6-23(7-2)14-15-9-8-10-16(11-15)22-21(24)17-12-19(26-4)20(27-5)13-18(17)25-3/h8-13H,6-7,14H2,1-5H3,(H,22,24).